The number of pyridine rings is 1. The van der Waals surface area contributed by atoms with Gasteiger partial charge < -0.3 is 25.5 Å². The Morgan fingerprint density at radius 3 is 2.31 bits per heavy atom. The van der Waals surface area contributed by atoms with Gasteiger partial charge in [0.2, 0.25) is 5.78 Å². The number of hydrogen-bond acceptors (Lipinski definition) is 10. The number of rotatable bonds is 12. The maximum atomic E-state index is 12.8. The van der Waals surface area contributed by atoms with Gasteiger partial charge in [-0.25, -0.2) is 14.8 Å². The predicted octanol–water partition coefficient (Wildman–Crippen LogP) is 2.92. The molecule has 1 amide bonds. The zero-order valence-corrected chi connectivity index (χ0v) is 24.5. The van der Waals surface area contributed by atoms with Crippen LogP contribution >= 0.6 is 0 Å². The van der Waals surface area contributed by atoms with Gasteiger partial charge in [-0.1, -0.05) is 32.9 Å². The molecular weight excluding hydrogens is 542 g/mol. The highest BCUT2D eigenvalue weighted by molar-refractivity contribution is 5.99. The second-order valence-corrected chi connectivity index (χ2v) is 10.7. The van der Waals surface area contributed by atoms with Crippen molar-refractivity contribution in [3.8, 4) is 0 Å². The van der Waals surface area contributed by atoms with Crippen LogP contribution in [-0.4, -0.2) is 57.8 Å². The van der Waals surface area contributed by atoms with Gasteiger partial charge in [-0.2, -0.15) is 0 Å². The number of nitrogen functional groups attached to an aromatic ring is 1. The molecule has 0 spiro atoms. The van der Waals surface area contributed by atoms with E-state index in [0.717, 1.165) is 5.56 Å². The molecule has 1 aromatic carbocycles. The molecule has 0 radical (unpaired) electrons. The molecule has 12 heteroatoms. The van der Waals surface area contributed by atoms with Crippen LogP contribution in [0.15, 0.2) is 35.3 Å². The van der Waals surface area contributed by atoms with Gasteiger partial charge in [-0.3, -0.25) is 19.2 Å². The van der Waals surface area contributed by atoms with E-state index in [0.29, 0.717) is 24.0 Å². The first-order chi connectivity index (χ1) is 19.8. The Morgan fingerprint density at radius 1 is 1.02 bits per heavy atom. The fourth-order valence-corrected chi connectivity index (χ4v) is 4.16. The maximum absolute atomic E-state index is 12.8. The highest BCUT2D eigenvalue weighted by Crippen LogP contribution is 2.23. The summed E-state index contributed by atoms with van der Waals surface area (Å²) in [6.45, 7) is 8.91. The van der Waals surface area contributed by atoms with Crippen LogP contribution in [0, 0.1) is 5.41 Å². The third kappa shape index (κ3) is 7.99. The fraction of sp³-hybridized carbons (Fsp3) is 0.433. The number of esters is 2. The molecule has 0 bridgehead atoms. The number of aromatic amines is 1. The molecule has 2 aromatic heterocycles. The van der Waals surface area contributed by atoms with Crippen molar-refractivity contribution in [1.29, 1.82) is 0 Å². The van der Waals surface area contributed by atoms with Crippen molar-refractivity contribution in [2.45, 2.75) is 66.3 Å². The van der Waals surface area contributed by atoms with E-state index >= 15 is 0 Å². The van der Waals surface area contributed by atoms with Crippen LogP contribution in [0.25, 0.3) is 11.0 Å². The van der Waals surface area contributed by atoms with Crippen molar-refractivity contribution in [3.05, 3.63) is 63.3 Å². The zero-order chi connectivity index (χ0) is 31.0. The fourth-order valence-electron chi connectivity index (χ4n) is 4.16. The van der Waals surface area contributed by atoms with Crippen LogP contribution in [0.2, 0.25) is 0 Å². The summed E-state index contributed by atoms with van der Waals surface area (Å²) in [7, 11) is 0. The molecule has 0 aliphatic rings. The molecule has 224 valence electrons. The van der Waals surface area contributed by atoms with E-state index in [2.05, 4.69) is 20.3 Å². The summed E-state index contributed by atoms with van der Waals surface area (Å²) in [5, 5.41) is 2.76. The third-order valence-corrected chi connectivity index (χ3v) is 6.47. The second kappa shape index (κ2) is 13.8. The average molecular weight is 580 g/mol. The van der Waals surface area contributed by atoms with E-state index in [1.165, 1.54) is 0 Å². The number of nitrogens with one attached hydrogen (secondary N) is 2. The van der Waals surface area contributed by atoms with E-state index in [1.54, 1.807) is 65.1 Å². The van der Waals surface area contributed by atoms with Gasteiger partial charge in [-0.05, 0) is 56.4 Å². The number of amides is 1. The molecule has 0 aliphatic heterocycles. The van der Waals surface area contributed by atoms with E-state index in [9.17, 15) is 24.0 Å². The van der Waals surface area contributed by atoms with E-state index in [4.69, 9.17) is 15.2 Å². The Hall–Kier alpha value is -4.61. The molecule has 4 N–H and O–H groups in total. The van der Waals surface area contributed by atoms with Gasteiger partial charge in [-0.15, -0.1) is 0 Å². The van der Waals surface area contributed by atoms with Crippen LogP contribution in [0.3, 0.4) is 0 Å². The molecule has 3 aromatic rings. The molecule has 0 fully saturated rings. The number of ether oxygens (including phenoxy) is 2. The molecule has 0 saturated carbocycles. The minimum absolute atomic E-state index is 0.0402. The van der Waals surface area contributed by atoms with Crippen molar-refractivity contribution in [2.75, 3.05) is 18.9 Å². The van der Waals surface area contributed by atoms with Crippen LogP contribution in [-0.2, 0) is 31.9 Å². The zero-order valence-electron chi connectivity index (χ0n) is 24.5. The third-order valence-electron chi connectivity index (χ3n) is 6.47. The number of carbonyl (C=O) groups excluding carboxylic acids is 4. The summed E-state index contributed by atoms with van der Waals surface area (Å²) in [4.78, 5) is 73.3. The smallest absolute Gasteiger partial charge is 0.328 e. The number of aromatic nitrogens is 3. The number of benzene rings is 1. The van der Waals surface area contributed by atoms with Crippen molar-refractivity contribution < 1.29 is 28.7 Å². The molecule has 0 unspecified atom stereocenters. The highest BCUT2D eigenvalue weighted by Gasteiger charge is 2.27. The van der Waals surface area contributed by atoms with E-state index in [-0.39, 0.29) is 54.4 Å². The molecule has 3 rings (SSSR count). The SMILES string of the molecule is CCOC(=O)CC[C@H](NC(=O)c1ccc(CCc2cnc3nc(C(=O)C(C)(C)C)[nH]c(=O)c3c2N)cc1)C(=O)OCC. The predicted molar refractivity (Wildman–Crippen MR) is 156 cm³/mol. The average Bonchev–Trinajstić information content (AvgIpc) is 2.94. The largest absolute Gasteiger partial charge is 0.466 e. The molecule has 2 heterocycles. The number of anilines is 1. The van der Waals surface area contributed by atoms with Crippen molar-refractivity contribution >= 4 is 40.3 Å². The lowest BCUT2D eigenvalue weighted by Gasteiger charge is -2.17. The van der Waals surface area contributed by atoms with Gasteiger partial charge in [0.25, 0.3) is 11.5 Å². The Morgan fingerprint density at radius 2 is 1.69 bits per heavy atom. The standard InChI is InChI=1S/C30H37N5O7/c1-6-41-21(36)15-14-20(29(40)42-7-2)33-27(38)18-11-8-17(9-12-18)10-13-19-16-32-25-22(23(19)31)28(39)35-26(34-25)24(37)30(3,4)5/h8-9,11-12,16,20H,6-7,10,13-15H2,1-5H3,(H,33,38)(H3,31,32,34,35,39)/t20-/m0/s1. The lowest BCUT2D eigenvalue weighted by molar-refractivity contribution is -0.146. The quantitative estimate of drug-likeness (QED) is 0.213. The van der Waals surface area contributed by atoms with Gasteiger partial charge in [0, 0.05) is 23.6 Å². The van der Waals surface area contributed by atoms with Gasteiger partial charge in [0.05, 0.1) is 18.9 Å². The van der Waals surface area contributed by atoms with Crippen LogP contribution in [0.4, 0.5) is 5.69 Å². The van der Waals surface area contributed by atoms with Crippen LogP contribution < -0.4 is 16.6 Å². The van der Waals surface area contributed by atoms with Crippen LogP contribution in [0.5, 0.6) is 0 Å². The first-order valence-electron chi connectivity index (χ1n) is 13.8. The number of nitrogens with zero attached hydrogens (tertiary/aromatic N) is 2. The second-order valence-electron chi connectivity index (χ2n) is 10.7. The molecule has 0 saturated heterocycles. The Balaban J connectivity index is 1.69. The first-order valence-corrected chi connectivity index (χ1v) is 13.8. The Labute approximate surface area is 243 Å². The number of hydrogen-bond donors (Lipinski definition) is 3. The van der Waals surface area contributed by atoms with Gasteiger partial charge in [0.15, 0.2) is 11.5 Å². The summed E-state index contributed by atoms with van der Waals surface area (Å²) < 4.78 is 9.94. The molecule has 1 atom stereocenters. The van der Waals surface area contributed by atoms with Crippen molar-refractivity contribution in [1.82, 2.24) is 20.3 Å². The normalized spacial score (nSPS) is 12.0. The first kappa shape index (κ1) is 31.9. The molecule has 42 heavy (non-hydrogen) atoms. The molecule has 0 aliphatic carbocycles. The molecular formula is C30H37N5O7. The number of Topliss-reactive ketones (excluding diaryl/α,β-unsaturated/α-hetero) is 1. The van der Waals surface area contributed by atoms with Crippen LogP contribution in [0.1, 0.15) is 79.6 Å². The van der Waals surface area contributed by atoms with Gasteiger partial charge >= 0.3 is 11.9 Å². The van der Waals surface area contributed by atoms with Gasteiger partial charge in [0.1, 0.15) is 11.4 Å². The lowest BCUT2D eigenvalue weighted by atomic mass is 9.90. The minimum atomic E-state index is -0.995. The highest BCUT2D eigenvalue weighted by atomic mass is 16.5. The Bertz CT molecular complexity index is 1520. The Kier molecular flexibility index (Phi) is 10.5. The minimum Gasteiger partial charge on any atom is -0.466 e. The summed E-state index contributed by atoms with van der Waals surface area (Å²) >= 11 is 0. The lowest BCUT2D eigenvalue weighted by Crippen LogP contribution is -2.42. The molecule has 12 nitrogen and oxygen atoms in total. The summed E-state index contributed by atoms with van der Waals surface area (Å²) in [6.07, 6.45) is 2.55. The maximum Gasteiger partial charge on any atom is 0.328 e. The van der Waals surface area contributed by atoms with E-state index < -0.39 is 34.9 Å². The number of fused-ring (bicyclic) bond motifs is 1. The summed E-state index contributed by atoms with van der Waals surface area (Å²) in [5.41, 5.74) is 7.27. The van der Waals surface area contributed by atoms with Crippen molar-refractivity contribution in [2.24, 2.45) is 5.41 Å². The number of aryl methyl sites for hydroxylation is 2. The summed E-state index contributed by atoms with van der Waals surface area (Å²) in [5.74, 6) is -1.94. The number of H-pyrrole nitrogens is 1. The monoisotopic (exact) mass is 579 g/mol. The summed E-state index contributed by atoms with van der Waals surface area (Å²) in [6, 6.07) is 5.81. The van der Waals surface area contributed by atoms with Crippen molar-refractivity contribution in [3.63, 3.8) is 0 Å². The van der Waals surface area contributed by atoms with E-state index in [1.807, 2.05) is 0 Å². The topological polar surface area (TPSA) is 183 Å². The number of carbonyl (C=O) groups is 4. The number of nitrogens with two attached hydrogens (primary N) is 1. The number of ketones is 1.